The van der Waals surface area contributed by atoms with Crippen molar-refractivity contribution >= 4 is 17.5 Å². The summed E-state index contributed by atoms with van der Waals surface area (Å²) in [5.74, 6) is -1.67. The molecule has 0 bridgehead atoms. The van der Waals surface area contributed by atoms with E-state index < -0.39 is 17.6 Å². The van der Waals surface area contributed by atoms with Crippen LogP contribution in [0.4, 0.5) is 10.1 Å². The molecule has 1 aliphatic rings. The van der Waals surface area contributed by atoms with Gasteiger partial charge in [-0.15, -0.1) is 0 Å². The Kier molecular flexibility index (Phi) is 6.14. The third-order valence-electron chi connectivity index (χ3n) is 3.63. The summed E-state index contributed by atoms with van der Waals surface area (Å²) in [4.78, 5) is 26.0. The first-order valence-corrected chi connectivity index (χ1v) is 8.08. The Morgan fingerprint density at radius 1 is 1.46 bits per heavy atom. The lowest BCUT2D eigenvalue weighted by Gasteiger charge is -2.32. The fourth-order valence-electron chi connectivity index (χ4n) is 2.43. The minimum absolute atomic E-state index is 0.0653. The normalized spacial score (nSPS) is 17.7. The molecule has 1 heterocycles. The lowest BCUT2D eigenvalue weighted by Crippen LogP contribution is -2.49. The van der Waals surface area contributed by atoms with Crippen LogP contribution in [-0.2, 0) is 14.3 Å². The maximum absolute atomic E-state index is 13.5. The number of hydrogen-bond donors (Lipinski definition) is 1. The monoisotopic (exact) mass is 338 g/mol. The minimum Gasteiger partial charge on any atom is -0.489 e. The number of carbonyl (C=O) groups excluding carboxylic acids is 2. The molecule has 0 aliphatic carbocycles. The highest BCUT2D eigenvalue weighted by molar-refractivity contribution is 6.39. The number of hydrogen-bond acceptors (Lipinski definition) is 4. The second-order valence-electron chi connectivity index (χ2n) is 5.91. The van der Waals surface area contributed by atoms with Crippen LogP contribution in [0.15, 0.2) is 18.2 Å². The Labute approximate surface area is 140 Å². The summed E-state index contributed by atoms with van der Waals surface area (Å²) in [5.41, 5.74) is 0.141. The zero-order valence-corrected chi connectivity index (χ0v) is 14.2. The van der Waals surface area contributed by atoms with Gasteiger partial charge in [0.25, 0.3) is 0 Å². The van der Waals surface area contributed by atoms with Crippen LogP contribution in [0.3, 0.4) is 0 Å². The number of benzene rings is 1. The van der Waals surface area contributed by atoms with Gasteiger partial charge in [0.15, 0.2) is 0 Å². The largest absolute Gasteiger partial charge is 0.489 e. The van der Waals surface area contributed by atoms with Crippen LogP contribution in [0.25, 0.3) is 0 Å². The Balaban J connectivity index is 2.08. The van der Waals surface area contributed by atoms with E-state index in [0.29, 0.717) is 25.4 Å². The van der Waals surface area contributed by atoms with Crippen molar-refractivity contribution in [1.82, 2.24) is 4.90 Å². The highest BCUT2D eigenvalue weighted by Gasteiger charge is 2.28. The molecule has 2 amide bonds. The van der Waals surface area contributed by atoms with E-state index in [4.69, 9.17) is 9.47 Å². The fraction of sp³-hybridized carbons (Fsp3) is 0.529. The van der Waals surface area contributed by atoms with Crippen LogP contribution >= 0.6 is 0 Å². The second-order valence-corrected chi connectivity index (χ2v) is 5.91. The molecular weight excluding hydrogens is 315 g/mol. The molecule has 0 saturated carbocycles. The SMILES string of the molecule is CC[C@H]1CN(C(=O)C(=O)Nc2cc(F)ccc2OC(C)C)CCO1. The first-order valence-electron chi connectivity index (χ1n) is 8.08. The molecule has 0 unspecified atom stereocenters. The van der Waals surface area contributed by atoms with E-state index in [-0.39, 0.29) is 17.9 Å². The van der Waals surface area contributed by atoms with E-state index in [0.717, 1.165) is 12.5 Å². The summed E-state index contributed by atoms with van der Waals surface area (Å²) in [6.07, 6.45) is 0.553. The molecule has 132 valence electrons. The molecule has 7 heteroatoms. The van der Waals surface area contributed by atoms with Crippen molar-refractivity contribution in [3.05, 3.63) is 24.0 Å². The van der Waals surface area contributed by atoms with Crippen molar-refractivity contribution in [2.45, 2.75) is 39.4 Å². The number of carbonyl (C=O) groups is 2. The molecule has 0 spiro atoms. The van der Waals surface area contributed by atoms with Gasteiger partial charge in [0, 0.05) is 19.2 Å². The molecule has 6 nitrogen and oxygen atoms in total. The lowest BCUT2D eigenvalue weighted by molar-refractivity contribution is -0.148. The van der Waals surface area contributed by atoms with Crippen LogP contribution in [0.5, 0.6) is 5.75 Å². The number of nitrogens with zero attached hydrogens (tertiary/aromatic N) is 1. The van der Waals surface area contributed by atoms with Crippen molar-refractivity contribution in [3.8, 4) is 5.75 Å². The summed E-state index contributed by atoms with van der Waals surface area (Å²) in [7, 11) is 0. The van der Waals surface area contributed by atoms with Crippen LogP contribution in [0.2, 0.25) is 0 Å². The maximum atomic E-state index is 13.5. The molecule has 1 N–H and O–H groups in total. The quantitative estimate of drug-likeness (QED) is 0.855. The molecule has 24 heavy (non-hydrogen) atoms. The fourth-order valence-corrected chi connectivity index (χ4v) is 2.43. The number of halogens is 1. The topological polar surface area (TPSA) is 67.9 Å². The van der Waals surface area contributed by atoms with Gasteiger partial charge in [-0.1, -0.05) is 6.92 Å². The number of ether oxygens (including phenoxy) is 2. The number of morpholine rings is 1. The van der Waals surface area contributed by atoms with Crippen molar-refractivity contribution in [2.75, 3.05) is 25.0 Å². The van der Waals surface area contributed by atoms with Crippen molar-refractivity contribution < 1.29 is 23.5 Å². The predicted octanol–water partition coefficient (Wildman–Crippen LogP) is 2.19. The maximum Gasteiger partial charge on any atom is 0.314 e. The predicted molar refractivity (Wildman–Crippen MR) is 87.4 cm³/mol. The Hall–Kier alpha value is -2.15. The van der Waals surface area contributed by atoms with E-state index in [2.05, 4.69) is 5.32 Å². The summed E-state index contributed by atoms with van der Waals surface area (Å²) < 4.78 is 24.5. The van der Waals surface area contributed by atoms with Crippen LogP contribution in [-0.4, -0.2) is 48.6 Å². The first-order chi connectivity index (χ1) is 11.4. The molecule has 2 rings (SSSR count). The molecule has 1 aromatic carbocycles. The number of anilines is 1. The molecule has 0 aromatic heterocycles. The van der Waals surface area contributed by atoms with Crippen molar-refractivity contribution in [2.24, 2.45) is 0 Å². The average molecular weight is 338 g/mol. The third-order valence-corrected chi connectivity index (χ3v) is 3.63. The average Bonchev–Trinajstić information content (AvgIpc) is 2.56. The Morgan fingerprint density at radius 2 is 2.21 bits per heavy atom. The molecule has 1 saturated heterocycles. The Bertz CT molecular complexity index is 606. The Morgan fingerprint density at radius 3 is 2.88 bits per heavy atom. The van der Waals surface area contributed by atoms with Crippen molar-refractivity contribution in [3.63, 3.8) is 0 Å². The summed E-state index contributed by atoms with van der Waals surface area (Å²) in [5, 5.41) is 2.45. The van der Waals surface area contributed by atoms with E-state index in [1.54, 1.807) is 0 Å². The van der Waals surface area contributed by atoms with Crippen LogP contribution < -0.4 is 10.1 Å². The number of nitrogens with one attached hydrogen (secondary N) is 1. The molecule has 1 aromatic rings. The van der Waals surface area contributed by atoms with E-state index in [1.807, 2.05) is 20.8 Å². The highest BCUT2D eigenvalue weighted by Crippen LogP contribution is 2.26. The second kappa shape index (κ2) is 8.10. The van der Waals surface area contributed by atoms with E-state index >= 15 is 0 Å². The van der Waals surface area contributed by atoms with Gasteiger partial charge in [-0.3, -0.25) is 9.59 Å². The van der Waals surface area contributed by atoms with Gasteiger partial charge in [0.2, 0.25) is 0 Å². The van der Waals surface area contributed by atoms with Crippen LogP contribution in [0.1, 0.15) is 27.2 Å². The van der Waals surface area contributed by atoms with Gasteiger partial charge in [-0.2, -0.15) is 0 Å². The van der Waals surface area contributed by atoms with Crippen molar-refractivity contribution in [1.29, 1.82) is 0 Å². The van der Waals surface area contributed by atoms with Gasteiger partial charge in [-0.05, 0) is 32.4 Å². The zero-order valence-electron chi connectivity index (χ0n) is 14.2. The molecular formula is C17H23FN2O4. The number of rotatable bonds is 4. The first kappa shape index (κ1) is 18.2. The minimum atomic E-state index is -0.814. The van der Waals surface area contributed by atoms with Gasteiger partial charge < -0.3 is 19.7 Å². The van der Waals surface area contributed by atoms with E-state index in [1.165, 1.54) is 17.0 Å². The zero-order chi connectivity index (χ0) is 17.7. The van der Waals surface area contributed by atoms with E-state index in [9.17, 15) is 14.0 Å². The van der Waals surface area contributed by atoms with Gasteiger partial charge in [0.1, 0.15) is 11.6 Å². The van der Waals surface area contributed by atoms with Gasteiger partial charge in [0.05, 0.1) is 24.5 Å². The molecule has 1 atom stereocenters. The summed E-state index contributed by atoms with van der Waals surface area (Å²) >= 11 is 0. The van der Waals surface area contributed by atoms with Crippen LogP contribution in [0, 0.1) is 5.82 Å². The summed E-state index contributed by atoms with van der Waals surface area (Å²) in [6, 6.07) is 3.80. The van der Waals surface area contributed by atoms with Gasteiger partial charge >= 0.3 is 11.8 Å². The number of amides is 2. The highest BCUT2D eigenvalue weighted by atomic mass is 19.1. The standard InChI is InChI=1S/C17H23FN2O4/c1-4-13-10-20(7-8-23-13)17(22)16(21)19-14-9-12(18)5-6-15(14)24-11(2)3/h5-6,9,11,13H,4,7-8,10H2,1-3H3,(H,19,21)/t13-/m0/s1. The van der Waals surface area contributed by atoms with Gasteiger partial charge in [-0.25, -0.2) is 4.39 Å². The lowest BCUT2D eigenvalue weighted by atomic mass is 10.2. The molecule has 1 fully saturated rings. The third kappa shape index (κ3) is 4.67. The summed E-state index contributed by atoms with van der Waals surface area (Å²) in [6.45, 7) is 6.74. The smallest absolute Gasteiger partial charge is 0.314 e. The molecule has 1 aliphatic heterocycles. The molecule has 0 radical (unpaired) electrons.